The summed E-state index contributed by atoms with van der Waals surface area (Å²) in [6.07, 6.45) is 2.15. The number of carbonyl (C=O) groups excluding carboxylic acids is 1. The molecule has 23 heavy (non-hydrogen) atoms. The molecule has 0 radical (unpaired) electrons. The molecule has 2 rings (SSSR count). The van der Waals surface area contributed by atoms with E-state index in [1.807, 2.05) is 12.1 Å². The fourth-order valence-corrected chi connectivity index (χ4v) is 3.12. The van der Waals surface area contributed by atoms with Crippen LogP contribution in [0.4, 0.5) is 5.69 Å². The Labute approximate surface area is 139 Å². The topological polar surface area (TPSA) is 46.0 Å². The molecule has 0 bridgehead atoms. The second-order valence-corrected chi connectivity index (χ2v) is 6.37. The van der Waals surface area contributed by atoms with Crippen LogP contribution in [0.15, 0.2) is 24.3 Å². The van der Waals surface area contributed by atoms with Crippen molar-refractivity contribution in [3.05, 3.63) is 24.3 Å². The van der Waals surface area contributed by atoms with Crippen LogP contribution in [0.25, 0.3) is 0 Å². The number of anilines is 1. The molecule has 0 saturated carbocycles. The fourth-order valence-electron chi connectivity index (χ4n) is 3.12. The molecular formula is C18H30N3O2+. The first kappa shape index (κ1) is 17.6. The molecule has 1 saturated heterocycles. The molecule has 1 heterocycles. The number of piperazine rings is 1. The summed E-state index contributed by atoms with van der Waals surface area (Å²) >= 11 is 0. The van der Waals surface area contributed by atoms with Crippen LogP contribution < -0.4 is 19.9 Å². The Hall–Kier alpha value is -1.75. The normalized spacial score (nSPS) is 16.9. The predicted molar refractivity (Wildman–Crippen MR) is 93.3 cm³/mol. The minimum Gasteiger partial charge on any atom is -0.497 e. The SMILES string of the molecule is CCC[C@@H](C)NC(=O)C[NH+]1CCN(c2cccc(OC)c2)CC1. The second kappa shape index (κ2) is 8.77. The number of hydrogen-bond donors (Lipinski definition) is 2. The lowest BCUT2D eigenvalue weighted by atomic mass is 10.2. The van der Waals surface area contributed by atoms with Gasteiger partial charge in [0.15, 0.2) is 6.54 Å². The van der Waals surface area contributed by atoms with Gasteiger partial charge in [-0.05, 0) is 25.5 Å². The quantitative estimate of drug-likeness (QED) is 0.778. The Morgan fingerprint density at radius 2 is 2.13 bits per heavy atom. The number of nitrogens with one attached hydrogen (secondary N) is 2. The molecular weight excluding hydrogens is 290 g/mol. The summed E-state index contributed by atoms with van der Waals surface area (Å²) in [5.41, 5.74) is 1.20. The maximum Gasteiger partial charge on any atom is 0.275 e. The van der Waals surface area contributed by atoms with Crippen LogP contribution in [-0.2, 0) is 4.79 Å². The van der Waals surface area contributed by atoms with Crippen LogP contribution in [0.2, 0.25) is 0 Å². The van der Waals surface area contributed by atoms with Crippen molar-refractivity contribution < 1.29 is 14.4 Å². The summed E-state index contributed by atoms with van der Waals surface area (Å²) in [6, 6.07) is 8.46. The molecule has 1 aliphatic heterocycles. The minimum absolute atomic E-state index is 0.177. The van der Waals surface area contributed by atoms with Crippen molar-refractivity contribution in [3.8, 4) is 5.75 Å². The van der Waals surface area contributed by atoms with E-state index in [2.05, 4.69) is 36.2 Å². The standard InChI is InChI=1S/C18H29N3O2/c1-4-6-15(2)19-18(22)14-20-9-11-21(12-10-20)16-7-5-8-17(13-16)23-3/h5,7-8,13,15H,4,6,9-12,14H2,1-3H3,(H,19,22)/p+1/t15-/m1/s1. The van der Waals surface area contributed by atoms with E-state index in [0.717, 1.165) is 44.8 Å². The second-order valence-electron chi connectivity index (χ2n) is 6.37. The van der Waals surface area contributed by atoms with Crippen LogP contribution >= 0.6 is 0 Å². The summed E-state index contributed by atoms with van der Waals surface area (Å²) in [5, 5.41) is 3.10. The average molecular weight is 320 g/mol. The summed E-state index contributed by atoms with van der Waals surface area (Å²) in [5.74, 6) is 1.07. The van der Waals surface area contributed by atoms with Crippen molar-refractivity contribution in [3.63, 3.8) is 0 Å². The number of rotatable bonds is 7. The lowest BCUT2D eigenvalue weighted by Crippen LogP contribution is -3.16. The number of carbonyl (C=O) groups is 1. The van der Waals surface area contributed by atoms with Crippen molar-refractivity contribution in [1.29, 1.82) is 0 Å². The maximum atomic E-state index is 12.1. The highest BCUT2D eigenvalue weighted by atomic mass is 16.5. The first-order chi connectivity index (χ1) is 11.1. The zero-order valence-electron chi connectivity index (χ0n) is 14.6. The molecule has 1 fully saturated rings. The molecule has 1 amide bonds. The zero-order valence-corrected chi connectivity index (χ0v) is 14.6. The average Bonchev–Trinajstić information content (AvgIpc) is 2.55. The third-order valence-corrected chi connectivity index (χ3v) is 4.43. The zero-order chi connectivity index (χ0) is 16.7. The number of quaternary nitrogens is 1. The summed E-state index contributed by atoms with van der Waals surface area (Å²) in [4.78, 5) is 15.8. The van der Waals surface area contributed by atoms with E-state index < -0.39 is 0 Å². The lowest BCUT2D eigenvalue weighted by Gasteiger charge is -2.33. The van der Waals surface area contributed by atoms with Crippen molar-refractivity contribution in [2.24, 2.45) is 0 Å². The minimum atomic E-state index is 0.177. The Kier molecular flexibility index (Phi) is 6.71. The van der Waals surface area contributed by atoms with Gasteiger partial charge in [-0.3, -0.25) is 4.79 Å². The van der Waals surface area contributed by atoms with E-state index in [1.165, 1.54) is 10.6 Å². The van der Waals surface area contributed by atoms with Gasteiger partial charge in [-0.1, -0.05) is 19.4 Å². The van der Waals surface area contributed by atoms with Crippen molar-refractivity contribution in [2.45, 2.75) is 32.7 Å². The molecule has 1 atom stereocenters. The first-order valence-corrected chi connectivity index (χ1v) is 8.64. The molecule has 0 aromatic heterocycles. The highest BCUT2D eigenvalue weighted by Gasteiger charge is 2.23. The Bertz CT molecular complexity index is 499. The molecule has 5 heteroatoms. The Balaban J connectivity index is 1.78. The van der Waals surface area contributed by atoms with Gasteiger partial charge in [0.2, 0.25) is 0 Å². The van der Waals surface area contributed by atoms with E-state index in [1.54, 1.807) is 7.11 Å². The summed E-state index contributed by atoms with van der Waals surface area (Å²) in [6.45, 7) is 8.74. The van der Waals surface area contributed by atoms with Crippen LogP contribution in [0.3, 0.4) is 0 Å². The number of benzene rings is 1. The lowest BCUT2D eigenvalue weighted by molar-refractivity contribution is -0.892. The van der Waals surface area contributed by atoms with E-state index >= 15 is 0 Å². The molecule has 1 aromatic carbocycles. The van der Waals surface area contributed by atoms with Gasteiger partial charge >= 0.3 is 0 Å². The van der Waals surface area contributed by atoms with E-state index in [4.69, 9.17) is 4.74 Å². The summed E-state index contributed by atoms with van der Waals surface area (Å²) < 4.78 is 5.29. The number of hydrogen-bond acceptors (Lipinski definition) is 3. The molecule has 0 spiro atoms. The van der Waals surface area contributed by atoms with Gasteiger partial charge in [0.25, 0.3) is 5.91 Å². The van der Waals surface area contributed by atoms with Gasteiger partial charge < -0.3 is 19.9 Å². The van der Waals surface area contributed by atoms with Crippen molar-refractivity contribution in [2.75, 3.05) is 44.7 Å². The number of ether oxygens (including phenoxy) is 1. The maximum absolute atomic E-state index is 12.1. The third-order valence-electron chi connectivity index (χ3n) is 4.43. The summed E-state index contributed by atoms with van der Waals surface area (Å²) in [7, 11) is 1.69. The van der Waals surface area contributed by atoms with E-state index in [9.17, 15) is 4.79 Å². The molecule has 0 aliphatic carbocycles. The smallest absolute Gasteiger partial charge is 0.275 e. The van der Waals surface area contributed by atoms with Gasteiger partial charge in [-0.2, -0.15) is 0 Å². The predicted octanol–water partition coefficient (Wildman–Crippen LogP) is 0.705. The monoisotopic (exact) mass is 320 g/mol. The molecule has 2 N–H and O–H groups in total. The van der Waals surface area contributed by atoms with Crippen LogP contribution in [0.5, 0.6) is 5.75 Å². The third kappa shape index (κ3) is 5.43. The van der Waals surface area contributed by atoms with Crippen LogP contribution in [0.1, 0.15) is 26.7 Å². The first-order valence-electron chi connectivity index (χ1n) is 8.64. The van der Waals surface area contributed by atoms with Crippen molar-refractivity contribution >= 4 is 11.6 Å². The Morgan fingerprint density at radius 3 is 2.78 bits per heavy atom. The highest BCUT2D eigenvalue weighted by molar-refractivity contribution is 5.77. The number of amides is 1. The van der Waals surface area contributed by atoms with Crippen LogP contribution in [-0.4, -0.2) is 51.8 Å². The number of nitrogens with zero attached hydrogens (tertiary/aromatic N) is 1. The largest absolute Gasteiger partial charge is 0.497 e. The van der Waals surface area contributed by atoms with Gasteiger partial charge in [-0.15, -0.1) is 0 Å². The van der Waals surface area contributed by atoms with Crippen molar-refractivity contribution in [1.82, 2.24) is 5.32 Å². The molecule has 5 nitrogen and oxygen atoms in total. The van der Waals surface area contributed by atoms with Gasteiger partial charge in [-0.25, -0.2) is 0 Å². The van der Waals surface area contributed by atoms with Gasteiger partial charge in [0.05, 0.1) is 33.3 Å². The highest BCUT2D eigenvalue weighted by Crippen LogP contribution is 2.20. The van der Waals surface area contributed by atoms with E-state index in [-0.39, 0.29) is 11.9 Å². The molecule has 1 aromatic rings. The molecule has 0 unspecified atom stereocenters. The van der Waals surface area contributed by atoms with Gasteiger partial charge in [0, 0.05) is 17.8 Å². The number of methoxy groups -OCH3 is 1. The van der Waals surface area contributed by atoms with E-state index in [0.29, 0.717) is 6.54 Å². The Morgan fingerprint density at radius 1 is 1.39 bits per heavy atom. The van der Waals surface area contributed by atoms with Crippen LogP contribution in [0, 0.1) is 0 Å². The van der Waals surface area contributed by atoms with Gasteiger partial charge in [0.1, 0.15) is 5.75 Å². The molecule has 1 aliphatic rings. The fraction of sp³-hybridized carbons (Fsp3) is 0.611. The molecule has 128 valence electrons.